The summed E-state index contributed by atoms with van der Waals surface area (Å²) in [4.78, 5) is 3.92. The highest BCUT2D eigenvalue weighted by molar-refractivity contribution is 6.29. The summed E-state index contributed by atoms with van der Waals surface area (Å²) < 4.78 is 5.26. The van der Waals surface area contributed by atoms with Gasteiger partial charge in [-0.15, -0.1) is 0 Å². The Morgan fingerprint density at radius 1 is 1.67 bits per heavy atom. The van der Waals surface area contributed by atoms with Crippen molar-refractivity contribution < 1.29 is 9.84 Å². The van der Waals surface area contributed by atoms with Crippen molar-refractivity contribution in [2.75, 3.05) is 18.5 Å². The number of rotatable bonds is 3. The highest BCUT2D eigenvalue weighted by Crippen LogP contribution is 2.21. The monoisotopic (exact) mass is 228 g/mol. The van der Waals surface area contributed by atoms with Crippen LogP contribution in [-0.2, 0) is 11.3 Å². The Labute approximate surface area is 93.2 Å². The fraction of sp³-hybridized carbons (Fsp3) is 0.500. The first kappa shape index (κ1) is 10.7. The van der Waals surface area contributed by atoms with Gasteiger partial charge in [0.25, 0.3) is 0 Å². The predicted molar refractivity (Wildman–Crippen MR) is 58.0 cm³/mol. The highest BCUT2D eigenvalue weighted by atomic mass is 35.5. The van der Waals surface area contributed by atoms with Crippen molar-refractivity contribution in [2.45, 2.75) is 19.1 Å². The lowest BCUT2D eigenvalue weighted by molar-refractivity contribution is 0.195. The molecule has 1 unspecified atom stereocenters. The van der Waals surface area contributed by atoms with Crippen LogP contribution in [0.2, 0.25) is 5.15 Å². The molecule has 2 heterocycles. The molecule has 0 bridgehead atoms. The van der Waals surface area contributed by atoms with Gasteiger partial charge in [0, 0.05) is 24.1 Å². The van der Waals surface area contributed by atoms with Crippen LogP contribution in [0.25, 0.3) is 0 Å². The van der Waals surface area contributed by atoms with Crippen LogP contribution in [0.3, 0.4) is 0 Å². The van der Waals surface area contributed by atoms with Crippen LogP contribution in [0.4, 0.5) is 5.69 Å². The smallest absolute Gasteiger partial charge is 0.131 e. The fourth-order valence-electron chi connectivity index (χ4n) is 1.59. The molecule has 0 amide bonds. The van der Waals surface area contributed by atoms with Crippen LogP contribution >= 0.6 is 11.6 Å². The number of nitrogens with zero attached hydrogens (tertiary/aromatic N) is 1. The number of ether oxygens (including phenoxy) is 1. The zero-order valence-corrected chi connectivity index (χ0v) is 9.00. The van der Waals surface area contributed by atoms with E-state index >= 15 is 0 Å². The van der Waals surface area contributed by atoms with E-state index in [1.807, 2.05) is 0 Å². The van der Waals surface area contributed by atoms with Crippen molar-refractivity contribution >= 4 is 17.3 Å². The summed E-state index contributed by atoms with van der Waals surface area (Å²) in [5.74, 6) is 0. The Hall–Kier alpha value is -0.840. The Kier molecular flexibility index (Phi) is 3.41. The zero-order valence-electron chi connectivity index (χ0n) is 8.24. The summed E-state index contributed by atoms with van der Waals surface area (Å²) in [6.45, 7) is 1.44. The lowest BCUT2D eigenvalue weighted by Crippen LogP contribution is -2.20. The summed E-state index contributed by atoms with van der Waals surface area (Å²) in [5, 5.41) is 12.8. The average Bonchev–Trinajstić information content (AvgIpc) is 2.71. The van der Waals surface area contributed by atoms with Crippen molar-refractivity contribution in [3.05, 3.63) is 23.0 Å². The number of hydrogen-bond acceptors (Lipinski definition) is 4. The molecule has 1 aromatic heterocycles. The molecule has 1 saturated heterocycles. The molecule has 1 aromatic rings. The minimum Gasteiger partial charge on any atom is -0.392 e. The number of hydrogen-bond donors (Lipinski definition) is 2. The molecule has 1 aliphatic heterocycles. The van der Waals surface area contributed by atoms with Crippen LogP contribution in [0.5, 0.6) is 0 Å². The molecule has 1 aliphatic rings. The molecule has 1 fully saturated rings. The van der Waals surface area contributed by atoms with E-state index < -0.39 is 0 Å². The van der Waals surface area contributed by atoms with E-state index in [4.69, 9.17) is 21.4 Å². The van der Waals surface area contributed by atoms with Crippen LogP contribution in [0.1, 0.15) is 12.0 Å². The van der Waals surface area contributed by atoms with Gasteiger partial charge in [0.15, 0.2) is 0 Å². The normalized spacial score (nSPS) is 20.5. The van der Waals surface area contributed by atoms with E-state index in [2.05, 4.69) is 10.3 Å². The van der Waals surface area contributed by atoms with E-state index in [0.29, 0.717) is 17.8 Å². The van der Waals surface area contributed by atoms with Gasteiger partial charge in [-0.25, -0.2) is 4.98 Å². The summed E-state index contributed by atoms with van der Waals surface area (Å²) in [5.41, 5.74) is 1.60. The molecule has 2 rings (SSSR count). The Balaban J connectivity index is 2.14. The molecule has 2 N–H and O–H groups in total. The van der Waals surface area contributed by atoms with Crippen molar-refractivity contribution in [2.24, 2.45) is 0 Å². The van der Waals surface area contributed by atoms with Crippen molar-refractivity contribution in [3.8, 4) is 0 Å². The maximum absolute atomic E-state index is 9.13. The molecule has 4 nitrogen and oxygen atoms in total. The van der Waals surface area contributed by atoms with Crippen LogP contribution in [0.15, 0.2) is 12.3 Å². The molecule has 0 saturated carbocycles. The molecular weight excluding hydrogens is 216 g/mol. The quantitative estimate of drug-likeness (QED) is 0.769. The Bertz CT molecular complexity index is 340. The zero-order chi connectivity index (χ0) is 10.7. The van der Waals surface area contributed by atoms with Crippen molar-refractivity contribution in [1.82, 2.24) is 4.98 Å². The second kappa shape index (κ2) is 4.79. The minimum absolute atomic E-state index is 0.0416. The molecule has 15 heavy (non-hydrogen) atoms. The number of pyridine rings is 1. The van der Waals surface area contributed by atoms with E-state index in [9.17, 15) is 0 Å². The number of aromatic nitrogens is 1. The maximum Gasteiger partial charge on any atom is 0.131 e. The van der Waals surface area contributed by atoms with Gasteiger partial charge < -0.3 is 15.2 Å². The van der Waals surface area contributed by atoms with Crippen LogP contribution in [-0.4, -0.2) is 29.3 Å². The van der Waals surface area contributed by atoms with Gasteiger partial charge in [-0.2, -0.15) is 0 Å². The lowest BCUT2D eigenvalue weighted by Gasteiger charge is -2.15. The van der Waals surface area contributed by atoms with Gasteiger partial charge in [-0.05, 0) is 12.5 Å². The van der Waals surface area contributed by atoms with E-state index in [-0.39, 0.29) is 6.61 Å². The number of aliphatic hydroxyl groups is 1. The summed E-state index contributed by atoms with van der Waals surface area (Å²) in [7, 11) is 0. The Morgan fingerprint density at radius 3 is 3.20 bits per heavy atom. The third-order valence-corrected chi connectivity index (χ3v) is 2.62. The topological polar surface area (TPSA) is 54.4 Å². The molecule has 0 aromatic carbocycles. The summed E-state index contributed by atoms with van der Waals surface area (Å²) in [6, 6.07) is 2.03. The van der Waals surface area contributed by atoms with Gasteiger partial charge in [-0.3, -0.25) is 0 Å². The molecule has 0 radical (unpaired) electrons. The van der Waals surface area contributed by atoms with Gasteiger partial charge in [-0.1, -0.05) is 11.6 Å². The molecular formula is C10H13ClN2O2. The summed E-state index contributed by atoms with van der Waals surface area (Å²) >= 11 is 5.80. The van der Waals surface area contributed by atoms with Gasteiger partial charge >= 0.3 is 0 Å². The predicted octanol–water partition coefficient (Wildman–Crippen LogP) is 1.43. The van der Waals surface area contributed by atoms with E-state index in [0.717, 1.165) is 24.3 Å². The third kappa shape index (κ3) is 2.59. The molecule has 82 valence electrons. The van der Waals surface area contributed by atoms with Crippen LogP contribution in [0, 0.1) is 0 Å². The first-order chi connectivity index (χ1) is 7.29. The Morgan fingerprint density at radius 2 is 2.53 bits per heavy atom. The lowest BCUT2D eigenvalue weighted by atomic mass is 10.2. The number of halogens is 1. The fourth-order valence-corrected chi connectivity index (χ4v) is 1.74. The molecule has 0 aliphatic carbocycles. The maximum atomic E-state index is 9.13. The number of nitrogens with one attached hydrogen (secondary N) is 1. The summed E-state index contributed by atoms with van der Waals surface area (Å²) in [6.07, 6.45) is 2.56. The number of aliphatic hydroxyl groups excluding tert-OH is 1. The van der Waals surface area contributed by atoms with Crippen molar-refractivity contribution in [3.63, 3.8) is 0 Å². The van der Waals surface area contributed by atoms with Gasteiger partial charge in [0.2, 0.25) is 0 Å². The average molecular weight is 229 g/mol. The first-order valence-corrected chi connectivity index (χ1v) is 5.27. The SMILES string of the molecule is OCc1cnc(Cl)cc1NC1CCOC1. The number of anilines is 1. The third-order valence-electron chi connectivity index (χ3n) is 2.41. The van der Waals surface area contributed by atoms with Crippen molar-refractivity contribution in [1.29, 1.82) is 0 Å². The second-order valence-corrected chi connectivity index (χ2v) is 3.91. The van der Waals surface area contributed by atoms with Gasteiger partial charge in [0.1, 0.15) is 5.15 Å². The van der Waals surface area contributed by atoms with Gasteiger partial charge in [0.05, 0.1) is 19.3 Å². The highest BCUT2D eigenvalue weighted by Gasteiger charge is 2.16. The van der Waals surface area contributed by atoms with E-state index in [1.165, 1.54) is 0 Å². The second-order valence-electron chi connectivity index (χ2n) is 3.53. The van der Waals surface area contributed by atoms with Crippen LogP contribution < -0.4 is 5.32 Å². The standard InChI is InChI=1S/C10H13ClN2O2/c11-10-3-9(7(5-14)4-12-10)13-8-1-2-15-6-8/h3-4,8,14H,1-2,5-6H2,(H,12,13). The minimum atomic E-state index is -0.0416. The molecule has 0 spiro atoms. The molecule has 1 atom stereocenters. The molecule has 5 heteroatoms. The van der Waals surface area contributed by atoms with E-state index in [1.54, 1.807) is 12.3 Å². The first-order valence-electron chi connectivity index (χ1n) is 4.89. The largest absolute Gasteiger partial charge is 0.392 e.